The van der Waals surface area contributed by atoms with Gasteiger partial charge in [-0.05, 0) is 24.7 Å². The molecular weight excluding hydrogens is 206 g/mol. The zero-order valence-electron chi connectivity index (χ0n) is 10.2. The SMILES string of the molecule is CC1(C)CCC(=O)N(CCCC(=O)O)CC1. The van der Waals surface area contributed by atoms with E-state index in [1.807, 2.05) is 4.90 Å². The number of carboxylic acids is 1. The Balaban J connectivity index is 2.41. The van der Waals surface area contributed by atoms with Crippen LogP contribution in [0.1, 0.15) is 46.0 Å². The maximum Gasteiger partial charge on any atom is 0.303 e. The van der Waals surface area contributed by atoms with E-state index in [-0.39, 0.29) is 17.7 Å². The minimum atomic E-state index is -0.789. The number of amides is 1. The Bertz CT molecular complexity index is 273. The first-order valence-electron chi connectivity index (χ1n) is 5.90. The van der Waals surface area contributed by atoms with Crippen LogP contribution >= 0.6 is 0 Å². The Morgan fingerprint density at radius 2 is 2.12 bits per heavy atom. The predicted octanol–water partition coefficient (Wildman–Crippen LogP) is 1.89. The van der Waals surface area contributed by atoms with E-state index in [1.165, 1.54) is 0 Å². The highest BCUT2D eigenvalue weighted by Gasteiger charge is 2.26. The van der Waals surface area contributed by atoms with E-state index < -0.39 is 5.97 Å². The Morgan fingerprint density at radius 1 is 1.44 bits per heavy atom. The van der Waals surface area contributed by atoms with Crippen molar-refractivity contribution in [2.24, 2.45) is 5.41 Å². The first-order chi connectivity index (χ1) is 7.41. The molecule has 1 amide bonds. The second-order valence-corrected chi connectivity index (χ2v) is 5.29. The highest BCUT2D eigenvalue weighted by atomic mass is 16.4. The van der Waals surface area contributed by atoms with Crippen molar-refractivity contribution in [3.8, 4) is 0 Å². The quantitative estimate of drug-likeness (QED) is 0.798. The molecule has 0 bridgehead atoms. The Labute approximate surface area is 96.6 Å². The fraction of sp³-hybridized carbons (Fsp3) is 0.833. The van der Waals surface area contributed by atoms with Crippen molar-refractivity contribution in [1.29, 1.82) is 0 Å². The molecule has 1 aliphatic heterocycles. The standard InChI is InChI=1S/C12H21NO3/c1-12(2)6-5-10(14)13(9-7-12)8-3-4-11(15)16/h3-9H2,1-2H3,(H,15,16). The number of rotatable bonds is 4. The first kappa shape index (κ1) is 13.0. The third kappa shape index (κ3) is 4.21. The van der Waals surface area contributed by atoms with Crippen molar-refractivity contribution < 1.29 is 14.7 Å². The predicted molar refractivity (Wildman–Crippen MR) is 61.1 cm³/mol. The minimum absolute atomic E-state index is 0.146. The van der Waals surface area contributed by atoms with Crippen molar-refractivity contribution in [2.75, 3.05) is 13.1 Å². The molecule has 0 aromatic carbocycles. The second kappa shape index (κ2) is 5.32. The molecule has 0 saturated carbocycles. The van der Waals surface area contributed by atoms with Crippen molar-refractivity contribution >= 4 is 11.9 Å². The van der Waals surface area contributed by atoms with Crippen LogP contribution in [-0.2, 0) is 9.59 Å². The number of likely N-dealkylation sites (tertiary alicyclic amines) is 1. The average Bonchev–Trinajstić information content (AvgIpc) is 2.30. The van der Waals surface area contributed by atoms with Gasteiger partial charge in [0.15, 0.2) is 0 Å². The molecule has 0 aromatic heterocycles. The Kier molecular flexibility index (Phi) is 4.33. The van der Waals surface area contributed by atoms with Gasteiger partial charge in [0.05, 0.1) is 0 Å². The summed E-state index contributed by atoms with van der Waals surface area (Å²) < 4.78 is 0. The molecule has 92 valence electrons. The average molecular weight is 227 g/mol. The number of hydrogen-bond acceptors (Lipinski definition) is 2. The molecule has 0 atom stereocenters. The zero-order chi connectivity index (χ0) is 12.2. The van der Waals surface area contributed by atoms with Gasteiger partial charge >= 0.3 is 5.97 Å². The lowest BCUT2D eigenvalue weighted by Gasteiger charge is -2.23. The van der Waals surface area contributed by atoms with Gasteiger partial charge in [0.1, 0.15) is 0 Å². The lowest BCUT2D eigenvalue weighted by atomic mass is 9.85. The third-order valence-electron chi connectivity index (χ3n) is 3.25. The van der Waals surface area contributed by atoms with Crippen molar-refractivity contribution in [2.45, 2.75) is 46.0 Å². The summed E-state index contributed by atoms with van der Waals surface area (Å²) in [7, 11) is 0. The third-order valence-corrected chi connectivity index (χ3v) is 3.25. The molecule has 1 N–H and O–H groups in total. The van der Waals surface area contributed by atoms with Gasteiger partial charge in [-0.2, -0.15) is 0 Å². The minimum Gasteiger partial charge on any atom is -0.481 e. The van der Waals surface area contributed by atoms with Crippen molar-refractivity contribution in [3.05, 3.63) is 0 Å². The Morgan fingerprint density at radius 3 is 2.75 bits per heavy atom. The number of hydrogen-bond donors (Lipinski definition) is 1. The summed E-state index contributed by atoms with van der Waals surface area (Å²) >= 11 is 0. The number of carbonyl (C=O) groups excluding carboxylic acids is 1. The molecule has 0 aliphatic carbocycles. The van der Waals surface area contributed by atoms with E-state index in [2.05, 4.69) is 13.8 Å². The Hall–Kier alpha value is -1.06. The second-order valence-electron chi connectivity index (χ2n) is 5.29. The highest BCUT2D eigenvalue weighted by molar-refractivity contribution is 5.76. The van der Waals surface area contributed by atoms with E-state index in [4.69, 9.17) is 5.11 Å². The van der Waals surface area contributed by atoms with Crippen LogP contribution in [-0.4, -0.2) is 35.0 Å². The summed E-state index contributed by atoms with van der Waals surface area (Å²) in [6.07, 6.45) is 3.24. The first-order valence-corrected chi connectivity index (χ1v) is 5.90. The van der Waals surface area contributed by atoms with Gasteiger partial charge < -0.3 is 10.0 Å². The molecule has 0 spiro atoms. The van der Waals surface area contributed by atoms with Gasteiger partial charge in [-0.1, -0.05) is 13.8 Å². The normalized spacial score (nSPS) is 20.6. The molecule has 1 saturated heterocycles. The molecule has 0 radical (unpaired) electrons. The molecule has 4 nitrogen and oxygen atoms in total. The van der Waals surface area contributed by atoms with Crippen LogP contribution in [0.5, 0.6) is 0 Å². The van der Waals surface area contributed by atoms with Gasteiger partial charge in [-0.15, -0.1) is 0 Å². The molecule has 1 fully saturated rings. The summed E-state index contributed by atoms with van der Waals surface area (Å²) in [6.45, 7) is 5.72. The molecule has 16 heavy (non-hydrogen) atoms. The van der Waals surface area contributed by atoms with Gasteiger partial charge in [0, 0.05) is 25.9 Å². The molecule has 4 heteroatoms. The maximum absolute atomic E-state index is 11.8. The molecule has 1 heterocycles. The van der Waals surface area contributed by atoms with Crippen LogP contribution in [0.3, 0.4) is 0 Å². The van der Waals surface area contributed by atoms with Gasteiger partial charge in [-0.3, -0.25) is 9.59 Å². The van der Waals surface area contributed by atoms with Crippen LogP contribution < -0.4 is 0 Å². The maximum atomic E-state index is 11.8. The molecule has 1 aliphatic rings. The monoisotopic (exact) mass is 227 g/mol. The van der Waals surface area contributed by atoms with Gasteiger partial charge in [-0.25, -0.2) is 0 Å². The van der Waals surface area contributed by atoms with E-state index in [1.54, 1.807) is 0 Å². The molecule has 1 rings (SSSR count). The topological polar surface area (TPSA) is 57.6 Å². The van der Waals surface area contributed by atoms with Crippen LogP contribution in [0.25, 0.3) is 0 Å². The molecular formula is C12H21NO3. The van der Waals surface area contributed by atoms with E-state index >= 15 is 0 Å². The number of aliphatic carboxylic acids is 1. The van der Waals surface area contributed by atoms with Crippen molar-refractivity contribution in [3.63, 3.8) is 0 Å². The number of carboxylic acid groups (broad SMARTS) is 1. The van der Waals surface area contributed by atoms with Gasteiger partial charge in [0.2, 0.25) is 5.91 Å². The summed E-state index contributed by atoms with van der Waals surface area (Å²) in [5, 5.41) is 8.54. The highest BCUT2D eigenvalue weighted by Crippen LogP contribution is 2.30. The number of nitrogens with zero attached hydrogens (tertiary/aromatic N) is 1. The van der Waals surface area contributed by atoms with E-state index in [9.17, 15) is 9.59 Å². The fourth-order valence-electron chi connectivity index (χ4n) is 1.95. The van der Waals surface area contributed by atoms with Crippen molar-refractivity contribution in [1.82, 2.24) is 4.90 Å². The van der Waals surface area contributed by atoms with E-state index in [0.717, 1.165) is 19.4 Å². The largest absolute Gasteiger partial charge is 0.481 e. The summed E-state index contributed by atoms with van der Waals surface area (Å²) in [5.41, 5.74) is 0.233. The fourth-order valence-corrected chi connectivity index (χ4v) is 1.95. The van der Waals surface area contributed by atoms with Crippen LogP contribution in [0, 0.1) is 5.41 Å². The summed E-state index contributed by atoms with van der Waals surface area (Å²) in [4.78, 5) is 24.0. The van der Waals surface area contributed by atoms with Gasteiger partial charge in [0.25, 0.3) is 0 Å². The smallest absolute Gasteiger partial charge is 0.303 e. The summed E-state index contributed by atoms with van der Waals surface area (Å²) in [6, 6.07) is 0. The van der Waals surface area contributed by atoms with Crippen LogP contribution in [0.2, 0.25) is 0 Å². The van der Waals surface area contributed by atoms with E-state index in [0.29, 0.717) is 19.4 Å². The molecule has 0 unspecified atom stereocenters. The van der Waals surface area contributed by atoms with Crippen LogP contribution in [0.4, 0.5) is 0 Å². The summed E-state index contributed by atoms with van der Waals surface area (Å²) in [5.74, 6) is -0.612. The zero-order valence-corrected chi connectivity index (χ0v) is 10.2. The van der Waals surface area contributed by atoms with Crippen LogP contribution in [0.15, 0.2) is 0 Å². The molecule has 0 aromatic rings. The lowest BCUT2D eigenvalue weighted by Crippen LogP contribution is -2.31. The number of carbonyl (C=O) groups is 2. The lowest BCUT2D eigenvalue weighted by molar-refractivity contribution is -0.138.